The van der Waals surface area contributed by atoms with Crippen LogP contribution in [0.3, 0.4) is 0 Å². The van der Waals surface area contributed by atoms with Gasteiger partial charge in [-0.05, 0) is 45.7 Å². The van der Waals surface area contributed by atoms with Crippen LogP contribution < -0.4 is 0 Å². The maximum atomic E-state index is 13.0. The highest BCUT2D eigenvalue weighted by Crippen LogP contribution is 2.51. The monoisotopic (exact) mass is 400 g/mol. The highest BCUT2D eigenvalue weighted by Gasteiger charge is 2.63. The Hall–Kier alpha value is -2.34. The van der Waals surface area contributed by atoms with Crippen LogP contribution in [0.25, 0.3) is 0 Å². The van der Waals surface area contributed by atoms with Crippen molar-refractivity contribution >= 4 is 12.1 Å². The minimum absolute atomic E-state index is 0.0392. The Bertz CT molecular complexity index is 758. The molecule has 29 heavy (non-hydrogen) atoms. The molecule has 1 amide bonds. The summed E-state index contributed by atoms with van der Waals surface area (Å²) < 4.78 is 10.8. The average molecular weight is 401 g/mol. The molecule has 0 saturated carbocycles. The van der Waals surface area contributed by atoms with E-state index >= 15 is 0 Å². The largest absolute Gasteiger partial charge is 0.467 e. The van der Waals surface area contributed by atoms with Gasteiger partial charge in [-0.25, -0.2) is 9.59 Å². The molecule has 0 N–H and O–H groups in total. The van der Waals surface area contributed by atoms with Gasteiger partial charge in [0.1, 0.15) is 11.6 Å². The van der Waals surface area contributed by atoms with E-state index in [0.717, 1.165) is 19.5 Å². The molecule has 158 valence electrons. The van der Waals surface area contributed by atoms with Crippen molar-refractivity contribution in [2.45, 2.75) is 57.8 Å². The van der Waals surface area contributed by atoms with Gasteiger partial charge in [-0.2, -0.15) is 0 Å². The number of amides is 1. The summed E-state index contributed by atoms with van der Waals surface area (Å²) in [5.41, 5.74) is 0.165. The fourth-order valence-corrected chi connectivity index (χ4v) is 4.86. The number of rotatable bonds is 5. The Morgan fingerprint density at radius 1 is 1.28 bits per heavy atom. The fraction of sp³-hybridized carbons (Fsp3) is 0.565. The number of carbonyl (C=O) groups is 2. The fourth-order valence-electron chi connectivity index (χ4n) is 4.86. The number of nitrogens with zero attached hydrogens (tertiary/aromatic N) is 2. The summed E-state index contributed by atoms with van der Waals surface area (Å²) in [7, 11) is 1.38. The molecule has 0 aliphatic carbocycles. The second kappa shape index (κ2) is 8.19. The van der Waals surface area contributed by atoms with Crippen molar-refractivity contribution in [1.29, 1.82) is 0 Å². The number of hydrogen-bond acceptors (Lipinski definition) is 5. The summed E-state index contributed by atoms with van der Waals surface area (Å²) in [6, 6.07) is 9.63. The first-order valence-corrected chi connectivity index (χ1v) is 10.2. The number of carbonyl (C=O) groups excluding carboxylic acids is 2. The molecule has 3 rings (SSSR count). The maximum Gasteiger partial charge on any atom is 0.411 e. The standard InChI is InChI=1S/C23H32N2O4/c1-6-12-23-13-14-24(15-17-10-8-7-9-11-17)18(23)16-25(19(23)20(26)28-5)21(27)29-22(2,3)4/h6-11,18-19H,1,12-16H2,2-5H3/t18?,19-,23?/m1/s1. The molecule has 1 aromatic rings. The second-order valence-corrected chi connectivity index (χ2v) is 9.01. The smallest absolute Gasteiger partial charge is 0.411 e. The normalized spacial score (nSPS) is 26.8. The zero-order valence-corrected chi connectivity index (χ0v) is 17.9. The van der Waals surface area contributed by atoms with Crippen LogP contribution in [-0.2, 0) is 20.8 Å². The average Bonchev–Trinajstić information content (AvgIpc) is 3.15. The summed E-state index contributed by atoms with van der Waals surface area (Å²) in [6.45, 7) is 11.5. The number of fused-ring (bicyclic) bond motifs is 1. The third-order valence-electron chi connectivity index (χ3n) is 6.00. The molecular formula is C23H32N2O4. The topological polar surface area (TPSA) is 59.1 Å². The van der Waals surface area contributed by atoms with Gasteiger partial charge in [0, 0.05) is 24.5 Å². The first-order valence-electron chi connectivity index (χ1n) is 10.2. The number of benzene rings is 1. The quantitative estimate of drug-likeness (QED) is 0.558. The van der Waals surface area contributed by atoms with E-state index in [1.54, 1.807) is 4.90 Å². The van der Waals surface area contributed by atoms with Crippen LogP contribution in [0.2, 0.25) is 0 Å². The Balaban J connectivity index is 1.94. The lowest BCUT2D eigenvalue weighted by Crippen LogP contribution is -2.50. The Morgan fingerprint density at radius 2 is 1.97 bits per heavy atom. The summed E-state index contributed by atoms with van der Waals surface area (Å²) in [4.78, 5) is 29.8. The molecule has 0 radical (unpaired) electrons. The van der Waals surface area contributed by atoms with E-state index in [9.17, 15) is 9.59 Å². The van der Waals surface area contributed by atoms with Crippen molar-refractivity contribution in [3.63, 3.8) is 0 Å². The van der Waals surface area contributed by atoms with Gasteiger partial charge in [0.15, 0.2) is 0 Å². The number of methoxy groups -OCH3 is 1. The molecule has 3 atom stereocenters. The Kier molecular flexibility index (Phi) is 6.03. The van der Waals surface area contributed by atoms with Gasteiger partial charge in [0.2, 0.25) is 0 Å². The highest BCUT2D eigenvalue weighted by molar-refractivity contribution is 5.84. The van der Waals surface area contributed by atoms with E-state index < -0.39 is 23.2 Å². The molecule has 1 aromatic carbocycles. The van der Waals surface area contributed by atoms with Crippen molar-refractivity contribution < 1.29 is 19.1 Å². The number of ether oxygens (including phenoxy) is 2. The van der Waals surface area contributed by atoms with E-state index in [1.807, 2.05) is 45.0 Å². The SMILES string of the molecule is C=CCC12CCN(Cc3ccccc3)C1CN(C(=O)OC(C)(C)C)[C@@H]2C(=O)OC. The zero-order valence-electron chi connectivity index (χ0n) is 17.9. The van der Waals surface area contributed by atoms with Gasteiger partial charge in [-0.15, -0.1) is 6.58 Å². The zero-order chi connectivity index (χ0) is 21.2. The number of esters is 1. The summed E-state index contributed by atoms with van der Waals surface area (Å²) >= 11 is 0. The van der Waals surface area contributed by atoms with Crippen molar-refractivity contribution in [1.82, 2.24) is 9.80 Å². The van der Waals surface area contributed by atoms with Gasteiger partial charge in [0.25, 0.3) is 0 Å². The van der Waals surface area contributed by atoms with Crippen molar-refractivity contribution in [2.75, 3.05) is 20.2 Å². The summed E-state index contributed by atoms with van der Waals surface area (Å²) in [5.74, 6) is -0.387. The van der Waals surface area contributed by atoms with Gasteiger partial charge in [-0.1, -0.05) is 36.4 Å². The predicted octanol–water partition coefficient (Wildman–Crippen LogP) is 3.62. The van der Waals surface area contributed by atoms with Crippen LogP contribution in [0.1, 0.15) is 39.2 Å². The third kappa shape index (κ3) is 4.17. The molecule has 0 spiro atoms. The first kappa shape index (κ1) is 21.4. The van der Waals surface area contributed by atoms with Gasteiger partial charge in [0.05, 0.1) is 7.11 Å². The molecule has 6 nitrogen and oxygen atoms in total. The predicted molar refractivity (Wildman–Crippen MR) is 111 cm³/mol. The number of likely N-dealkylation sites (tertiary alicyclic amines) is 2. The molecule has 2 saturated heterocycles. The molecule has 0 aromatic heterocycles. The molecule has 6 heteroatoms. The van der Waals surface area contributed by atoms with E-state index in [4.69, 9.17) is 9.47 Å². The molecule has 2 aliphatic heterocycles. The lowest BCUT2D eigenvalue weighted by atomic mass is 9.74. The van der Waals surface area contributed by atoms with E-state index in [-0.39, 0.29) is 12.0 Å². The van der Waals surface area contributed by atoms with Crippen molar-refractivity contribution in [3.05, 3.63) is 48.6 Å². The van der Waals surface area contributed by atoms with Crippen LogP contribution in [0.15, 0.2) is 43.0 Å². The molecule has 2 heterocycles. The minimum Gasteiger partial charge on any atom is -0.467 e. The van der Waals surface area contributed by atoms with Crippen LogP contribution in [0.5, 0.6) is 0 Å². The second-order valence-electron chi connectivity index (χ2n) is 9.01. The summed E-state index contributed by atoms with van der Waals surface area (Å²) in [6.07, 6.45) is 2.83. The minimum atomic E-state index is -0.675. The van der Waals surface area contributed by atoms with Crippen molar-refractivity contribution in [3.8, 4) is 0 Å². The van der Waals surface area contributed by atoms with Crippen LogP contribution in [0.4, 0.5) is 4.79 Å². The van der Waals surface area contributed by atoms with Gasteiger partial charge in [-0.3, -0.25) is 9.80 Å². The molecule has 2 fully saturated rings. The number of allylic oxidation sites excluding steroid dienone is 1. The lowest BCUT2D eigenvalue weighted by Gasteiger charge is -2.35. The molecule has 2 aliphatic rings. The van der Waals surface area contributed by atoms with E-state index in [2.05, 4.69) is 23.6 Å². The Morgan fingerprint density at radius 3 is 2.55 bits per heavy atom. The maximum absolute atomic E-state index is 13.0. The highest BCUT2D eigenvalue weighted by atomic mass is 16.6. The van der Waals surface area contributed by atoms with Crippen LogP contribution in [-0.4, -0.2) is 59.7 Å². The Labute approximate surface area is 173 Å². The lowest BCUT2D eigenvalue weighted by molar-refractivity contribution is -0.149. The summed E-state index contributed by atoms with van der Waals surface area (Å²) in [5, 5.41) is 0. The van der Waals surface area contributed by atoms with Crippen molar-refractivity contribution in [2.24, 2.45) is 5.41 Å². The van der Waals surface area contributed by atoms with Gasteiger partial charge >= 0.3 is 12.1 Å². The molecule has 2 unspecified atom stereocenters. The van der Waals surface area contributed by atoms with Gasteiger partial charge < -0.3 is 9.47 Å². The third-order valence-corrected chi connectivity index (χ3v) is 6.00. The van der Waals surface area contributed by atoms with E-state index in [0.29, 0.717) is 13.0 Å². The van der Waals surface area contributed by atoms with Crippen LogP contribution >= 0.6 is 0 Å². The van der Waals surface area contributed by atoms with E-state index in [1.165, 1.54) is 12.7 Å². The molecular weight excluding hydrogens is 368 g/mol. The molecule has 0 bridgehead atoms. The van der Waals surface area contributed by atoms with Crippen LogP contribution in [0, 0.1) is 5.41 Å². The first-order chi connectivity index (χ1) is 13.7. The number of hydrogen-bond donors (Lipinski definition) is 0.